The quantitative estimate of drug-likeness (QED) is 0.594. The molecule has 0 saturated carbocycles. The Kier molecular flexibility index (Phi) is 3.46. The zero-order valence-electron chi connectivity index (χ0n) is 10.9. The van der Waals surface area contributed by atoms with Gasteiger partial charge in [-0.15, -0.1) is 0 Å². The number of halogens is 1. The van der Waals surface area contributed by atoms with Crippen LogP contribution in [0, 0.1) is 13.8 Å². The summed E-state index contributed by atoms with van der Waals surface area (Å²) in [5, 5.41) is 2.24. The van der Waals surface area contributed by atoms with Gasteiger partial charge in [0.1, 0.15) is 0 Å². The summed E-state index contributed by atoms with van der Waals surface area (Å²) in [5.41, 5.74) is 4.90. The summed E-state index contributed by atoms with van der Waals surface area (Å²) in [7, 11) is 0. The van der Waals surface area contributed by atoms with Crippen molar-refractivity contribution in [2.75, 3.05) is 0 Å². The number of allylic oxidation sites excluding steroid dienone is 1. The number of benzene rings is 1. The number of rotatable bonds is 1. The van der Waals surface area contributed by atoms with E-state index in [0.29, 0.717) is 0 Å². The van der Waals surface area contributed by atoms with E-state index in [1.807, 2.05) is 6.92 Å². The third-order valence-electron chi connectivity index (χ3n) is 3.15. The van der Waals surface area contributed by atoms with Gasteiger partial charge in [0, 0.05) is 0 Å². The topological polar surface area (TPSA) is 25.8 Å². The van der Waals surface area contributed by atoms with Gasteiger partial charge in [0.25, 0.3) is 0 Å². The normalized spacial score (nSPS) is 14.1. The molecule has 1 aliphatic heterocycles. The fraction of sp³-hybridized carbons (Fsp3) is 0.125. The van der Waals surface area contributed by atoms with Crippen molar-refractivity contribution in [2.45, 2.75) is 13.8 Å². The Morgan fingerprint density at radius 2 is 1.74 bits per heavy atom. The van der Waals surface area contributed by atoms with Crippen LogP contribution in [0.15, 0.2) is 34.7 Å². The van der Waals surface area contributed by atoms with Crippen LogP contribution in [0.4, 0.5) is 0 Å². The zero-order chi connectivity index (χ0) is 13.2. The Balaban J connectivity index is 2.17. The van der Waals surface area contributed by atoms with Crippen LogP contribution in [0.3, 0.4) is 0 Å². The first-order valence-corrected chi connectivity index (χ1v) is 8.62. The predicted octanol–water partition coefficient (Wildman–Crippen LogP) is -1.24. The Morgan fingerprint density at radius 1 is 0.947 bits per heavy atom. The Labute approximate surface area is 122 Å². The van der Waals surface area contributed by atoms with Gasteiger partial charge in [-0.2, -0.15) is 0 Å². The summed E-state index contributed by atoms with van der Waals surface area (Å²) in [6.45, 7) is 4.16. The molecular formula is C16H14IN2-. The molecule has 0 radical (unpaired) electrons. The number of hydrogen-bond donors (Lipinski definition) is 0. The van der Waals surface area contributed by atoms with Gasteiger partial charge in [-0.1, -0.05) is 0 Å². The van der Waals surface area contributed by atoms with E-state index in [1.165, 1.54) is 16.7 Å². The standard InChI is InChI=1S/C16H14IN2/c1-11-3-5-13(6-4-11)14-7-15-12(2)18-10-19-16(15)9-17-8-14/h3-10H,1-2H3/q-1. The first kappa shape index (κ1) is 12.5. The van der Waals surface area contributed by atoms with Crippen LogP contribution in [-0.2, 0) is 0 Å². The molecule has 1 aromatic carbocycles. The monoisotopic (exact) mass is 361 g/mol. The van der Waals surface area contributed by atoms with Crippen molar-refractivity contribution in [3.05, 3.63) is 62.1 Å². The number of nitrogens with zero attached hydrogens (tertiary/aromatic N) is 2. The van der Waals surface area contributed by atoms with Crippen molar-refractivity contribution in [3.63, 3.8) is 0 Å². The molecule has 2 nitrogen and oxygen atoms in total. The Bertz CT molecular complexity index is 758. The van der Waals surface area contributed by atoms with E-state index >= 15 is 0 Å². The molecule has 96 valence electrons. The summed E-state index contributed by atoms with van der Waals surface area (Å²) in [5.74, 6) is 0. The third kappa shape index (κ3) is 2.61. The molecule has 1 aromatic heterocycles. The van der Waals surface area contributed by atoms with Crippen molar-refractivity contribution < 1.29 is 21.2 Å². The van der Waals surface area contributed by atoms with Crippen LogP contribution in [-0.4, -0.2) is 9.97 Å². The van der Waals surface area contributed by atoms with Crippen LogP contribution >= 0.6 is 0 Å². The van der Waals surface area contributed by atoms with Crippen LogP contribution in [0.25, 0.3) is 15.7 Å². The summed E-state index contributed by atoms with van der Waals surface area (Å²) in [6, 6.07) is 8.69. The molecule has 0 saturated heterocycles. The molecule has 3 rings (SSSR count). The SMILES string of the molecule is Cc1ccc(C2=C[I-]C=c3ncnc(C)c3=C2)cc1. The van der Waals surface area contributed by atoms with E-state index < -0.39 is 0 Å². The minimum atomic E-state index is -0.0970. The van der Waals surface area contributed by atoms with Gasteiger partial charge in [-0.25, -0.2) is 0 Å². The average molecular weight is 361 g/mol. The molecule has 2 aromatic rings. The molecule has 19 heavy (non-hydrogen) atoms. The summed E-state index contributed by atoms with van der Waals surface area (Å²) >= 11 is -0.0970. The molecule has 1 aliphatic rings. The van der Waals surface area contributed by atoms with E-state index in [0.717, 1.165) is 16.3 Å². The molecule has 0 spiro atoms. The summed E-state index contributed by atoms with van der Waals surface area (Å²) < 4.78 is 4.62. The van der Waals surface area contributed by atoms with E-state index in [2.05, 4.69) is 55.4 Å². The second-order valence-electron chi connectivity index (χ2n) is 4.57. The predicted molar refractivity (Wildman–Crippen MR) is 74.1 cm³/mol. The number of fused-ring (bicyclic) bond motifs is 1. The van der Waals surface area contributed by atoms with Gasteiger partial charge in [0.05, 0.1) is 0 Å². The molecule has 2 heterocycles. The minimum absolute atomic E-state index is 0.0970. The average Bonchev–Trinajstić information content (AvgIpc) is 2.63. The van der Waals surface area contributed by atoms with Crippen LogP contribution in [0.1, 0.15) is 16.8 Å². The molecule has 3 heteroatoms. The first-order chi connectivity index (χ1) is 9.24. The molecule has 0 bridgehead atoms. The molecule has 0 fully saturated rings. The van der Waals surface area contributed by atoms with Crippen molar-refractivity contribution >= 4 is 15.7 Å². The van der Waals surface area contributed by atoms with Gasteiger partial charge >= 0.3 is 123 Å². The molecule has 0 atom stereocenters. The van der Waals surface area contributed by atoms with E-state index in [1.54, 1.807) is 6.33 Å². The molecule has 0 amide bonds. The summed E-state index contributed by atoms with van der Waals surface area (Å²) in [6.07, 6.45) is 3.87. The van der Waals surface area contributed by atoms with E-state index in [4.69, 9.17) is 0 Å². The molecule has 0 aliphatic carbocycles. The van der Waals surface area contributed by atoms with E-state index in [-0.39, 0.29) is 21.2 Å². The van der Waals surface area contributed by atoms with Crippen LogP contribution in [0.5, 0.6) is 0 Å². The Morgan fingerprint density at radius 3 is 2.53 bits per heavy atom. The van der Waals surface area contributed by atoms with Gasteiger partial charge < -0.3 is 0 Å². The molecular weight excluding hydrogens is 347 g/mol. The van der Waals surface area contributed by atoms with Crippen molar-refractivity contribution in [2.24, 2.45) is 0 Å². The maximum atomic E-state index is 4.38. The fourth-order valence-corrected chi connectivity index (χ4v) is 3.95. The van der Waals surface area contributed by atoms with Gasteiger partial charge in [0.2, 0.25) is 0 Å². The van der Waals surface area contributed by atoms with Crippen LogP contribution in [0.2, 0.25) is 0 Å². The van der Waals surface area contributed by atoms with Gasteiger partial charge in [-0.3, -0.25) is 0 Å². The van der Waals surface area contributed by atoms with E-state index in [9.17, 15) is 0 Å². The van der Waals surface area contributed by atoms with Crippen LogP contribution < -0.4 is 31.8 Å². The second-order valence-corrected chi connectivity index (χ2v) is 6.53. The number of aryl methyl sites for hydroxylation is 2. The summed E-state index contributed by atoms with van der Waals surface area (Å²) in [4.78, 5) is 8.68. The molecule has 0 N–H and O–H groups in total. The third-order valence-corrected chi connectivity index (χ3v) is 5.13. The first-order valence-electron chi connectivity index (χ1n) is 6.13. The van der Waals surface area contributed by atoms with Crippen molar-refractivity contribution in [1.82, 2.24) is 9.97 Å². The van der Waals surface area contributed by atoms with Gasteiger partial charge in [0.15, 0.2) is 0 Å². The van der Waals surface area contributed by atoms with Gasteiger partial charge in [-0.05, 0) is 0 Å². The van der Waals surface area contributed by atoms with Crippen molar-refractivity contribution in [1.29, 1.82) is 0 Å². The molecule has 0 unspecified atom stereocenters. The number of aromatic nitrogens is 2. The number of hydrogen-bond acceptors (Lipinski definition) is 2. The second kappa shape index (κ2) is 5.25. The van der Waals surface area contributed by atoms with Crippen molar-refractivity contribution in [3.8, 4) is 0 Å². The Hall–Kier alpha value is -1.49. The zero-order valence-corrected chi connectivity index (χ0v) is 13.0. The fourth-order valence-electron chi connectivity index (χ4n) is 2.01. The maximum absolute atomic E-state index is 4.38.